The molecule has 1 heterocycles. The second-order valence-electron chi connectivity index (χ2n) is 5.77. The molecule has 1 aliphatic carbocycles. The molecule has 0 atom stereocenters. The van der Waals surface area contributed by atoms with Crippen molar-refractivity contribution in [1.29, 1.82) is 0 Å². The molecule has 0 saturated carbocycles. The van der Waals surface area contributed by atoms with Gasteiger partial charge in [0.25, 0.3) is 0 Å². The van der Waals surface area contributed by atoms with Gasteiger partial charge >= 0.3 is 0 Å². The molecule has 3 aromatic rings. The van der Waals surface area contributed by atoms with Gasteiger partial charge in [0.2, 0.25) is 5.78 Å². The van der Waals surface area contributed by atoms with Crippen LogP contribution in [0.2, 0.25) is 0 Å². The molecule has 25 heavy (non-hydrogen) atoms. The summed E-state index contributed by atoms with van der Waals surface area (Å²) in [5.74, 6) is -0.379. The first-order valence-electron chi connectivity index (χ1n) is 7.75. The molecule has 1 aliphatic rings. The summed E-state index contributed by atoms with van der Waals surface area (Å²) in [6.07, 6.45) is 1.59. The number of oxime groups is 1. The van der Waals surface area contributed by atoms with Crippen LogP contribution in [-0.4, -0.2) is 21.0 Å². The van der Waals surface area contributed by atoms with E-state index in [1.54, 1.807) is 36.1 Å². The number of aryl methyl sites for hydroxylation is 1. The summed E-state index contributed by atoms with van der Waals surface area (Å²) in [4.78, 5) is 22.4. The highest BCUT2D eigenvalue weighted by Crippen LogP contribution is 2.26. The number of carbonyl (C=O) groups excluding carboxylic acids is 1. The van der Waals surface area contributed by atoms with Gasteiger partial charge in [-0.2, -0.15) is 0 Å². The molecule has 124 valence electrons. The largest absolute Gasteiger partial charge is 0.390 e. The average molecular weight is 335 g/mol. The maximum absolute atomic E-state index is 13.0. The van der Waals surface area contributed by atoms with Crippen LogP contribution in [0.15, 0.2) is 60.0 Å². The highest BCUT2D eigenvalue weighted by atomic mass is 19.1. The zero-order valence-electron chi connectivity index (χ0n) is 13.4. The minimum Gasteiger partial charge on any atom is -0.390 e. The predicted octanol–water partition coefficient (Wildman–Crippen LogP) is 3.07. The Morgan fingerprint density at radius 1 is 1.12 bits per heavy atom. The highest BCUT2D eigenvalue weighted by molar-refractivity contribution is 6.28. The van der Waals surface area contributed by atoms with Crippen molar-refractivity contribution in [1.82, 2.24) is 9.55 Å². The van der Waals surface area contributed by atoms with E-state index in [2.05, 4.69) is 10.1 Å². The molecule has 0 saturated heterocycles. The van der Waals surface area contributed by atoms with E-state index in [0.29, 0.717) is 28.2 Å². The molecule has 5 nitrogen and oxygen atoms in total. The van der Waals surface area contributed by atoms with Crippen LogP contribution in [0.3, 0.4) is 0 Å². The lowest BCUT2D eigenvalue weighted by Crippen LogP contribution is -2.23. The molecule has 0 unspecified atom stereocenters. The summed E-state index contributed by atoms with van der Waals surface area (Å²) < 4.78 is 14.6. The van der Waals surface area contributed by atoms with Crippen LogP contribution in [0.5, 0.6) is 0 Å². The first-order valence-corrected chi connectivity index (χ1v) is 7.75. The third kappa shape index (κ3) is 2.61. The van der Waals surface area contributed by atoms with Crippen molar-refractivity contribution in [2.75, 3.05) is 0 Å². The van der Waals surface area contributed by atoms with Crippen molar-refractivity contribution < 1.29 is 14.0 Å². The molecule has 4 rings (SSSR count). The Bertz CT molecular complexity index is 990. The van der Waals surface area contributed by atoms with Crippen LogP contribution in [0.4, 0.5) is 4.39 Å². The number of carbonyl (C=O) groups is 1. The van der Waals surface area contributed by atoms with E-state index in [4.69, 9.17) is 4.84 Å². The number of hydrogen-bond acceptors (Lipinski definition) is 4. The number of aromatic nitrogens is 2. The second kappa shape index (κ2) is 5.98. The van der Waals surface area contributed by atoms with E-state index in [0.717, 1.165) is 5.56 Å². The maximum atomic E-state index is 13.0. The number of rotatable bonds is 3. The first kappa shape index (κ1) is 15.3. The van der Waals surface area contributed by atoms with E-state index in [-0.39, 0.29) is 18.2 Å². The first-order chi connectivity index (χ1) is 12.1. The van der Waals surface area contributed by atoms with Gasteiger partial charge < -0.3 is 9.40 Å². The lowest BCUT2D eigenvalue weighted by Gasteiger charge is -2.17. The van der Waals surface area contributed by atoms with Gasteiger partial charge in [-0.25, -0.2) is 9.37 Å². The average Bonchev–Trinajstić information content (AvgIpc) is 3.01. The summed E-state index contributed by atoms with van der Waals surface area (Å²) >= 11 is 0. The van der Waals surface area contributed by atoms with Gasteiger partial charge in [-0.3, -0.25) is 4.79 Å². The highest BCUT2D eigenvalue weighted by Gasteiger charge is 2.32. The van der Waals surface area contributed by atoms with Crippen molar-refractivity contribution in [2.24, 2.45) is 12.2 Å². The topological polar surface area (TPSA) is 56.5 Å². The Hall–Kier alpha value is -3.28. The number of ketones is 1. The van der Waals surface area contributed by atoms with Gasteiger partial charge in [0, 0.05) is 18.2 Å². The van der Waals surface area contributed by atoms with Crippen molar-refractivity contribution in [3.05, 3.63) is 88.8 Å². The Kier molecular flexibility index (Phi) is 3.65. The number of imidazole rings is 1. The summed E-state index contributed by atoms with van der Waals surface area (Å²) in [7, 11) is 1.77. The van der Waals surface area contributed by atoms with Gasteiger partial charge in [0.05, 0.1) is 6.33 Å². The molecule has 0 spiro atoms. The van der Waals surface area contributed by atoms with Crippen LogP contribution < -0.4 is 0 Å². The van der Waals surface area contributed by atoms with E-state index in [1.165, 1.54) is 12.1 Å². The van der Waals surface area contributed by atoms with Crippen LogP contribution in [0.25, 0.3) is 0 Å². The number of nitrogens with zero attached hydrogens (tertiary/aromatic N) is 3. The van der Waals surface area contributed by atoms with Gasteiger partial charge in [-0.15, -0.1) is 0 Å². The SMILES string of the molecule is Cn1cnc2c1C(=O)c1ccccc1/C2=N/OCc1ccc(F)cc1. The van der Waals surface area contributed by atoms with Crippen LogP contribution in [0, 0.1) is 5.82 Å². The summed E-state index contributed by atoms with van der Waals surface area (Å²) in [5.41, 5.74) is 3.58. The maximum Gasteiger partial charge on any atom is 0.212 e. The van der Waals surface area contributed by atoms with Gasteiger partial charge in [-0.05, 0) is 17.7 Å². The van der Waals surface area contributed by atoms with Crippen LogP contribution in [-0.2, 0) is 18.5 Å². The fraction of sp³-hybridized carbons (Fsp3) is 0.105. The standard InChI is InChI=1S/C19H14FN3O2/c1-23-11-21-17-16(22-25-10-12-6-8-13(20)9-7-12)14-4-2-3-5-15(14)19(24)18(17)23/h2-9,11H,10H2,1H3/b22-16-. The Morgan fingerprint density at radius 3 is 2.60 bits per heavy atom. The number of fused-ring (bicyclic) bond motifs is 2. The van der Waals surface area contributed by atoms with Gasteiger partial charge in [-0.1, -0.05) is 41.6 Å². The molecule has 0 fully saturated rings. The molecule has 0 aliphatic heterocycles. The summed E-state index contributed by atoms with van der Waals surface area (Å²) in [6.45, 7) is 0.196. The Balaban J connectivity index is 1.70. The molecular formula is C19H14FN3O2. The molecule has 0 amide bonds. The number of halogens is 1. The molecule has 6 heteroatoms. The minimum absolute atomic E-state index is 0.0805. The fourth-order valence-corrected chi connectivity index (χ4v) is 2.86. The molecule has 2 aromatic carbocycles. The monoisotopic (exact) mass is 335 g/mol. The molecule has 0 bridgehead atoms. The molecule has 0 N–H and O–H groups in total. The van der Waals surface area contributed by atoms with Gasteiger partial charge in [0.1, 0.15) is 29.5 Å². The van der Waals surface area contributed by atoms with Crippen molar-refractivity contribution in [2.45, 2.75) is 6.61 Å². The molecule has 0 radical (unpaired) electrons. The van der Waals surface area contributed by atoms with Crippen molar-refractivity contribution in [3.8, 4) is 0 Å². The van der Waals surface area contributed by atoms with Crippen LogP contribution >= 0.6 is 0 Å². The zero-order valence-corrected chi connectivity index (χ0v) is 13.4. The quantitative estimate of drug-likeness (QED) is 0.541. The third-order valence-corrected chi connectivity index (χ3v) is 4.10. The normalized spacial score (nSPS) is 14.3. The second-order valence-corrected chi connectivity index (χ2v) is 5.77. The Labute approximate surface area is 143 Å². The lowest BCUT2D eigenvalue weighted by atomic mass is 9.89. The number of benzene rings is 2. The summed E-state index contributed by atoms with van der Waals surface area (Å²) in [6, 6.07) is 13.3. The molecule has 1 aromatic heterocycles. The van der Waals surface area contributed by atoms with Crippen LogP contribution in [0.1, 0.15) is 32.9 Å². The molecular weight excluding hydrogens is 321 g/mol. The van der Waals surface area contributed by atoms with Crippen molar-refractivity contribution in [3.63, 3.8) is 0 Å². The van der Waals surface area contributed by atoms with E-state index in [1.807, 2.05) is 18.2 Å². The van der Waals surface area contributed by atoms with E-state index in [9.17, 15) is 9.18 Å². The van der Waals surface area contributed by atoms with E-state index < -0.39 is 0 Å². The van der Waals surface area contributed by atoms with Crippen molar-refractivity contribution >= 4 is 11.5 Å². The summed E-state index contributed by atoms with van der Waals surface area (Å²) in [5, 5.41) is 4.23. The Morgan fingerprint density at radius 2 is 1.84 bits per heavy atom. The smallest absolute Gasteiger partial charge is 0.212 e. The predicted molar refractivity (Wildman–Crippen MR) is 89.9 cm³/mol. The number of hydrogen-bond donors (Lipinski definition) is 0. The minimum atomic E-state index is -0.298. The lowest BCUT2D eigenvalue weighted by molar-refractivity contribution is 0.102. The third-order valence-electron chi connectivity index (χ3n) is 4.10. The fourth-order valence-electron chi connectivity index (χ4n) is 2.86. The van der Waals surface area contributed by atoms with Gasteiger partial charge in [0.15, 0.2) is 0 Å². The zero-order chi connectivity index (χ0) is 17.4. The van der Waals surface area contributed by atoms with E-state index >= 15 is 0 Å².